The van der Waals surface area contributed by atoms with Gasteiger partial charge in [0.05, 0.1) is 5.69 Å². The van der Waals surface area contributed by atoms with Crippen molar-refractivity contribution in [3.05, 3.63) is 24.3 Å². The van der Waals surface area contributed by atoms with E-state index < -0.39 is 0 Å². The van der Waals surface area contributed by atoms with E-state index in [-0.39, 0.29) is 0 Å². The second kappa shape index (κ2) is 5.19. The first kappa shape index (κ1) is 10.5. The number of piperidine rings is 1. The van der Waals surface area contributed by atoms with Crippen molar-refractivity contribution in [2.24, 2.45) is 0 Å². The summed E-state index contributed by atoms with van der Waals surface area (Å²) in [5.74, 6) is 0. The first-order chi connectivity index (χ1) is 7.38. The summed E-state index contributed by atoms with van der Waals surface area (Å²) in [7, 11) is 2.04. The highest BCUT2D eigenvalue weighted by molar-refractivity contribution is 4.95. The maximum Gasteiger partial charge on any atom is 0.0726 e. The number of likely N-dealkylation sites (tertiary alicyclic amines) is 1. The molecule has 0 unspecified atom stereocenters. The lowest BCUT2D eigenvalue weighted by Gasteiger charge is -2.32. The van der Waals surface area contributed by atoms with E-state index in [4.69, 9.17) is 0 Å². The molecule has 0 aromatic carbocycles. The van der Waals surface area contributed by atoms with Crippen molar-refractivity contribution in [3.8, 4) is 0 Å². The van der Waals surface area contributed by atoms with Crippen LogP contribution in [0.5, 0.6) is 0 Å². The highest BCUT2D eigenvalue weighted by atomic mass is 15.2. The molecule has 0 amide bonds. The monoisotopic (exact) mass is 206 g/mol. The van der Waals surface area contributed by atoms with Crippen LogP contribution >= 0.6 is 0 Å². The Bertz CT molecular complexity index is 288. The Hall–Kier alpha value is -1.00. The van der Waals surface area contributed by atoms with Gasteiger partial charge in [0.1, 0.15) is 0 Å². The van der Waals surface area contributed by atoms with Gasteiger partial charge in [0.25, 0.3) is 0 Å². The molecule has 1 atom stereocenters. The van der Waals surface area contributed by atoms with Gasteiger partial charge in [0.2, 0.25) is 0 Å². The maximum atomic E-state index is 4.30. The van der Waals surface area contributed by atoms with Gasteiger partial charge in [-0.25, -0.2) is 0 Å². The molecule has 1 aliphatic rings. The molecule has 2 rings (SSSR count). The predicted octanol–water partition coefficient (Wildman–Crippen LogP) is 0.660. The van der Waals surface area contributed by atoms with E-state index in [1.807, 2.05) is 13.2 Å². The Kier molecular flexibility index (Phi) is 3.64. The molecule has 1 saturated heterocycles. The van der Waals surface area contributed by atoms with Crippen molar-refractivity contribution in [3.63, 3.8) is 0 Å². The molecule has 0 radical (unpaired) electrons. The van der Waals surface area contributed by atoms with Crippen LogP contribution in [0.15, 0.2) is 18.6 Å². The summed E-state index contributed by atoms with van der Waals surface area (Å²) >= 11 is 0. The lowest BCUT2D eigenvalue weighted by atomic mass is 10.1. The Morgan fingerprint density at radius 3 is 3.20 bits per heavy atom. The SMILES string of the molecule is CN[C@@H]1CCCN(Cc2cnccn2)C1. The summed E-state index contributed by atoms with van der Waals surface area (Å²) in [5, 5.41) is 3.34. The number of nitrogens with one attached hydrogen (secondary N) is 1. The van der Waals surface area contributed by atoms with Gasteiger partial charge in [-0.15, -0.1) is 0 Å². The predicted molar refractivity (Wildman–Crippen MR) is 59.4 cm³/mol. The Balaban J connectivity index is 1.89. The van der Waals surface area contributed by atoms with Crippen molar-refractivity contribution in [1.82, 2.24) is 20.2 Å². The van der Waals surface area contributed by atoms with Crippen LogP contribution in [0.3, 0.4) is 0 Å². The Morgan fingerprint density at radius 1 is 1.53 bits per heavy atom. The molecule has 1 N–H and O–H groups in total. The van der Waals surface area contributed by atoms with Crippen LogP contribution in [0.2, 0.25) is 0 Å². The van der Waals surface area contributed by atoms with Crippen LogP contribution < -0.4 is 5.32 Å². The molecule has 0 aliphatic carbocycles. The fourth-order valence-corrected chi connectivity index (χ4v) is 2.08. The Labute approximate surface area is 90.7 Å². The molecule has 1 aliphatic heterocycles. The highest BCUT2D eigenvalue weighted by Crippen LogP contribution is 2.11. The Morgan fingerprint density at radius 2 is 2.47 bits per heavy atom. The summed E-state index contributed by atoms with van der Waals surface area (Å²) in [5.41, 5.74) is 1.06. The van der Waals surface area contributed by atoms with Gasteiger partial charge in [-0.1, -0.05) is 0 Å². The normalized spacial score (nSPS) is 22.9. The van der Waals surface area contributed by atoms with Gasteiger partial charge in [0, 0.05) is 37.7 Å². The van der Waals surface area contributed by atoms with Crippen LogP contribution in [-0.4, -0.2) is 41.0 Å². The smallest absolute Gasteiger partial charge is 0.0726 e. The van der Waals surface area contributed by atoms with Crippen molar-refractivity contribution < 1.29 is 0 Å². The van der Waals surface area contributed by atoms with Gasteiger partial charge in [-0.05, 0) is 26.4 Å². The molecular weight excluding hydrogens is 188 g/mol. The molecule has 4 heteroatoms. The quantitative estimate of drug-likeness (QED) is 0.789. The van der Waals surface area contributed by atoms with E-state index in [1.165, 1.54) is 19.4 Å². The van der Waals surface area contributed by atoms with Crippen LogP contribution in [-0.2, 0) is 6.54 Å². The third-order valence-corrected chi connectivity index (χ3v) is 2.92. The molecule has 0 bridgehead atoms. The second-order valence-corrected chi connectivity index (χ2v) is 4.06. The first-order valence-corrected chi connectivity index (χ1v) is 5.53. The van der Waals surface area contributed by atoms with Crippen LogP contribution in [0.25, 0.3) is 0 Å². The standard InChI is InChI=1S/C11H18N4/c1-12-10-3-2-6-15(8-10)9-11-7-13-4-5-14-11/h4-5,7,10,12H,2-3,6,8-9H2,1H3/t10-/m1/s1. The molecule has 4 nitrogen and oxygen atoms in total. The zero-order valence-corrected chi connectivity index (χ0v) is 9.19. The van der Waals surface area contributed by atoms with Gasteiger partial charge in [0.15, 0.2) is 0 Å². The molecule has 1 aromatic heterocycles. The molecule has 82 valence electrons. The highest BCUT2D eigenvalue weighted by Gasteiger charge is 2.18. The van der Waals surface area contributed by atoms with E-state index >= 15 is 0 Å². The minimum atomic E-state index is 0.635. The summed E-state index contributed by atoms with van der Waals surface area (Å²) in [6, 6.07) is 0.635. The lowest BCUT2D eigenvalue weighted by molar-refractivity contribution is 0.186. The summed E-state index contributed by atoms with van der Waals surface area (Å²) in [6.07, 6.45) is 7.88. The maximum absolute atomic E-state index is 4.30. The molecule has 2 heterocycles. The van der Waals surface area contributed by atoms with Gasteiger partial charge < -0.3 is 5.32 Å². The van der Waals surface area contributed by atoms with Gasteiger partial charge in [-0.3, -0.25) is 14.9 Å². The van der Waals surface area contributed by atoms with Crippen LogP contribution in [0.1, 0.15) is 18.5 Å². The zero-order valence-electron chi connectivity index (χ0n) is 9.19. The van der Waals surface area contributed by atoms with Crippen LogP contribution in [0.4, 0.5) is 0 Å². The van der Waals surface area contributed by atoms with Crippen molar-refractivity contribution in [2.45, 2.75) is 25.4 Å². The van der Waals surface area contributed by atoms with E-state index in [2.05, 4.69) is 20.2 Å². The molecular formula is C11H18N4. The summed E-state index contributed by atoms with van der Waals surface area (Å²) in [4.78, 5) is 10.8. The molecule has 0 spiro atoms. The average molecular weight is 206 g/mol. The van der Waals surface area contributed by atoms with Crippen molar-refractivity contribution >= 4 is 0 Å². The van der Waals surface area contributed by atoms with Gasteiger partial charge in [-0.2, -0.15) is 0 Å². The third kappa shape index (κ3) is 2.97. The molecule has 0 saturated carbocycles. The summed E-state index contributed by atoms with van der Waals surface area (Å²) < 4.78 is 0. The van der Waals surface area contributed by atoms with Crippen molar-refractivity contribution in [2.75, 3.05) is 20.1 Å². The second-order valence-electron chi connectivity index (χ2n) is 4.06. The van der Waals surface area contributed by atoms with E-state index in [0.29, 0.717) is 6.04 Å². The third-order valence-electron chi connectivity index (χ3n) is 2.92. The number of aromatic nitrogens is 2. The number of hydrogen-bond donors (Lipinski definition) is 1. The van der Waals surface area contributed by atoms with E-state index in [9.17, 15) is 0 Å². The number of hydrogen-bond acceptors (Lipinski definition) is 4. The largest absolute Gasteiger partial charge is 0.316 e. The number of nitrogens with zero attached hydrogens (tertiary/aromatic N) is 3. The minimum absolute atomic E-state index is 0.635. The minimum Gasteiger partial charge on any atom is -0.316 e. The number of likely N-dealkylation sites (N-methyl/N-ethyl adjacent to an activating group) is 1. The zero-order chi connectivity index (χ0) is 10.5. The van der Waals surface area contributed by atoms with E-state index in [0.717, 1.165) is 18.8 Å². The van der Waals surface area contributed by atoms with Crippen molar-refractivity contribution in [1.29, 1.82) is 0 Å². The molecule has 1 fully saturated rings. The summed E-state index contributed by atoms with van der Waals surface area (Å²) in [6.45, 7) is 3.22. The van der Waals surface area contributed by atoms with Gasteiger partial charge >= 0.3 is 0 Å². The fraction of sp³-hybridized carbons (Fsp3) is 0.636. The molecule has 1 aromatic rings. The number of rotatable bonds is 3. The molecule has 15 heavy (non-hydrogen) atoms. The first-order valence-electron chi connectivity index (χ1n) is 5.53. The average Bonchev–Trinajstić information content (AvgIpc) is 2.31. The fourth-order valence-electron chi connectivity index (χ4n) is 2.08. The van der Waals surface area contributed by atoms with E-state index in [1.54, 1.807) is 12.4 Å². The topological polar surface area (TPSA) is 41.0 Å². The lowest BCUT2D eigenvalue weighted by Crippen LogP contribution is -2.43. The van der Waals surface area contributed by atoms with Crippen LogP contribution in [0, 0.1) is 0 Å².